The van der Waals surface area contributed by atoms with Gasteiger partial charge in [0.05, 0.1) is 29.0 Å². The third-order valence-corrected chi connectivity index (χ3v) is 13.0. The highest BCUT2D eigenvalue weighted by Gasteiger charge is 2.21. The highest BCUT2D eigenvalue weighted by atomic mass is 15.1. The van der Waals surface area contributed by atoms with Crippen LogP contribution in [-0.2, 0) is 0 Å². The summed E-state index contributed by atoms with van der Waals surface area (Å²) in [6.45, 7) is 8.38. The number of benzene rings is 10. The monoisotopic (exact) mass is 908 g/mol. The summed E-state index contributed by atoms with van der Waals surface area (Å²) in [4.78, 5) is 18.7. The van der Waals surface area contributed by atoms with E-state index < -0.39 is 0 Å². The Labute approximate surface area is 413 Å². The Balaban J connectivity index is 0.975. The van der Waals surface area contributed by atoms with Crippen molar-refractivity contribution in [3.05, 3.63) is 278 Å². The minimum absolute atomic E-state index is 0.552. The van der Waals surface area contributed by atoms with Crippen LogP contribution in [0.3, 0.4) is 0 Å². The highest BCUT2D eigenvalue weighted by molar-refractivity contribution is 6.12. The lowest BCUT2D eigenvalue weighted by Gasteiger charge is -2.26. The van der Waals surface area contributed by atoms with Gasteiger partial charge in [-0.25, -0.2) is 14.8 Å². The summed E-state index contributed by atoms with van der Waals surface area (Å²) in [7, 11) is 0. The molecule has 12 rings (SSSR count). The van der Waals surface area contributed by atoms with Crippen LogP contribution in [-0.4, -0.2) is 14.5 Å². The largest absolute Gasteiger partial charge is 0.310 e. The molecule has 10 aromatic carbocycles. The van der Waals surface area contributed by atoms with Gasteiger partial charge in [-0.05, 0) is 126 Å². The number of para-hydroxylation sites is 4. The van der Waals surface area contributed by atoms with Crippen LogP contribution in [0.1, 0.15) is 0 Å². The van der Waals surface area contributed by atoms with Gasteiger partial charge in [0.1, 0.15) is 0 Å². The Hall–Kier alpha value is -9.83. The van der Waals surface area contributed by atoms with Crippen molar-refractivity contribution in [2.45, 2.75) is 0 Å². The van der Waals surface area contributed by atoms with E-state index in [2.05, 4.69) is 219 Å². The first-order valence-corrected chi connectivity index (χ1v) is 23.7. The standard InChI is InChI=1S/C65H44N6/c1-66-62-42-49(61-45-60(47-20-8-2-9-21-47)67-65(68-61)48-22-10-3-11-23-48)34-39-57(62)46-32-35-54(36-33-46)71-63-40-37-55(69(50-24-12-4-13-25-50)51-26-14-5-15-27-51)43-58(63)59-44-56(38-41-64(59)71)70(52-28-16-6-17-29-52)53-30-18-7-19-31-53/h2-45H. The molecule has 0 aliphatic heterocycles. The van der Waals surface area contributed by atoms with Crippen molar-refractivity contribution >= 4 is 61.6 Å². The number of rotatable bonds is 11. The summed E-state index contributed by atoms with van der Waals surface area (Å²) in [6, 6.07) is 92.6. The van der Waals surface area contributed by atoms with E-state index in [-0.39, 0.29) is 0 Å². The maximum Gasteiger partial charge on any atom is 0.195 e. The van der Waals surface area contributed by atoms with Crippen LogP contribution in [0.2, 0.25) is 0 Å². The van der Waals surface area contributed by atoms with E-state index in [0.29, 0.717) is 11.5 Å². The number of fused-ring (bicyclic) bond motifs is 3. The van der Waals surface area contributed by atoms with Gasteiger partial charge in [-0.1, -0.05) is 158 Å². The second kappa shape index (κ2) is 18.7. The Kier molecular flexibility index (Phi) is 11.2. The first-order chi connectivity index (χ1) is 35.2. The minimum atomic E-state index is 0.552. The number of nitrogens with zero attached hydrogens (tertiary/aromatic N) is 6. The second-order valence-corrected chi connectivity index (χ2v) is 17.3. The molecule has 0 saturated carbocycles. The Bertz CT molecular complexity index is 3580. The average molecular weight is 909 g/mol. The van der Waals surface area contributed by atoms with Gasteiger partial charge in [0.25, 0.3) is 0 Å². The van der Waals surface area contributed by atoms with Crippen molar-refractivity contribution in [2.75, 3.05) is 9.80 Å². The average Bonchev–Trinajstić information content (AvgIpc) is 3.77. The van der Waals surface area contributed by atoms with Gasteiger partial charge >= 0.3 is 0 Å². The van der Waals surface area contributed by atoms with Crippen LogP contribution in [0, 0.1) is 6.57 Å². The molecule has 2 heterocycles. The van der Waals surface area contributed by atoms with Gasteiger partial charge in [-0.15, -0.1) is 0 Å². The Morgan fingerprint density at radius 3 is 1.20 bits per heavy atom. The van der Waals surface area contributed by atoms with Gasteiger partial charge < -0.3 is 14.4 Å². The number of hydrogen-bond acceptors (Lipinski definition) is 4. The third kappa shape index (κ3) is 8.24. The predicted octanol–water partition coefficient (Wildman–Crippen LogP) is 17.7. The van der Waals surface area contributed by atoms with E-state index in [1.54, 1.807) is 0 Å². The van der Waals surface area contributed by atoms with Crippen LogP contribution in [0.15, 0.2) is 267 Å². The summed E-state index contributed by atoms with van der Waals surface area (Å²) in [5.41, 5.74) is 16.4. The molecule has 0 unspecified atom stereocenters. The van der Waals surface area contributed by atoms with Crippen molar-refractivity contribution in [1.29, 1.82) is 0 Å². The number of anilines is 6. The smallest absolute Gasteiger partial charge is 0.195 e. The molecule has 0 bridgehead atoms. The Morgan fingerprint density at radius 2 is 0.746 bits per heavy atom. The fourth-order valence-corrected chi connectivity index (χ4v) is 9.64. The van der Waals surface area contributed by atoms with E-state index in [1.165, 1.54) is 0 Å². The van der Waals surface area contributed by atoms with Crippen molar-refractivity contribution in [1.82, 2.24) is 14.5 Å². The van der Waals surface area contributed by atoms with Crippen molar-refractivity contribution < 1.29 is 0 Å². The zero-order chi connectivity index (χ0) is 47.5. The quantitative estimate of drug-likeness (QED) is 0.121. The van der Waals surface area contributed by atoms with E-state index in [9.17, 15) is 0 Å². The maximum absolute atomic E-state index is 8.38. The topological polar surface area (TPSA) is 41.6 Å². The summed E-state index contributed by atoms with van der Waals surface area (Å²) in [5, 5.41) is 2.26. The molecule has 0 fully saturated rings. The number of aromatic nitrogens is 3. The molecule has 6 nitrogen and oxygen atoms in total. The number of hydrogen-bond donors (Lipinski definition) is 0. The molecule has 0 aliphatic carbocycles. The SMILES string of the molecule is [C-]#[N+]c1cc(-c2cc(-c3ccccc3)nc(-c3ccccc3)n2)ccc1-c1ccc(-n2c3ccc(N(c4ccccc4)c4ccccc4)cc3c3cc(N(c4ccccc4)c4ccccc4)ccc32)cc1. The molecule has 0 N–H and O–H groups in total. The second-order valence-electron chi connectivity index (χ2n) is 17.3. The summed E-state index contributed by atoms with van der Waals surface area (Å²) < 4.78 is 2.36. The summed E-state index contributed by atoms with van der Waals surface area (Å²) in [6.07, 6.45) is 0. The fourth-order valence-electron chi connectivity index (χ4n) is 9.64. The lowest BCUT2D eigenvalue weighted by Crippen LogP contribution is -2.09. The van der Waals surface area contributed by atoms with Crippen LogP contribution in [0.25, 0.3) is 77.4 Å². The van der Waals surface area contributed by atoms with Crippen molar-refractivity contribution in [2.24, 2.45) is 0 Å². The van der Waals surface area contributed by atoms with E-state index in [0.717, 1.165) is 101 Å². The van der Waals surface area contributed by atoms with Gasteiger partial charge in [-0.3, -0.25) is 0 Å². The predicted molar refractivity (Wildman–Crippen MR) is 294 cm³/mol. The molecular weight excluding hydrogens is 865 g/mol. The molecule has 2 aromatic heterocycles. The lowest BCUT2D eigenvalue weighted by atomic mass is 9.99. The van der Waals surface area contributed by atoms with Gasteiger partial charge in [0.2, 0.25) is 0 Å². The first kappa shape index (κ1) is 42.5. The van der Waals surface area contributed by atoms with E-state index in [4.69, 9.17) is 16.5 Å². The molecule has 0 amide bonds. The molecule has 6 heteroatoms. The normalized spacial score (nSPS) is 11.1. The van der Waals surface area contributed by atoms with Gasteiger partial charge in [0.15, 0.2) is 11.5 Å². The Morgan fingerprint density at radius 1 is 0.338 bits per heavy atom. The van der Waals surface area contributed by atoms with Crippen LogP contribution in [0.4, 0.5) is 39.8 Å². The molecule has 0 saturated heterocycles. The first-order valence-electron chi connectivity index (χ1n) is 23.7. The molecule has 0 radical (unpaired) electrons. The van der Waals surface area contributed by atoms with Gasteiger partial charge in [-0.2, -0.15) is 0 Å². The summed E-state index contributed by atoms with van der Waals surface area (Å²) in [5.74, 6) is 0.637. The molecule has 0 atom stereocenters. The zero-order valence-electron chi connectivity index (χ0n) is 38.6. The van der Waals surface area contributed by atoms with Crippen molar-refractivity contribution in [3.63, 3.8) is 0 Å². The molecule has 334 valence electrons. The zero-order valence-corrected chi connectivity index (χ0v) is 38.6. The van der Waals surface area contributed by atoms with Gasteiger partial charge in [0, 0.05) is 61.7 Å². The summed E-state index contributed by atoms with van der Waals surface area (Å²) >= 11 is 0. The lowest BCUT2D eigenvalue weighted by molar-refractivity contribution is 1.18. The van der Waals surface area contributed by atoms with Crippen LogP contribution >= 0.6 is 0 Å². The van der Waals surface area contributed by atoms with Crippen LogP contribution < -0.4 is 9.80 Å². The fraction of sp³-hybridized carbons (Fsp3) is 0. The minimum Gasteiger partial charge on any atom is -0.310 e. The highest BCUT2D eigenvalue weighted by Crippen LogP contribution is 2.43. The van der Waals surface area contributed by atoms with Crippen LogP contribution in [0.5, 0.6) is 0 Å². The molecular formula is C65H44N6. The molecule has 0 aliphatic rings. The third-order valence-electron chi connectivity index (χ3n) is 13.0. The van der Waals surface area contributed by atoms with Crippen molar-refractivity contribution in [3.8, 4) is 50.7 Å². The maximum atomic E-state index is 8.38. The van der Waals surface area contributed by atoms with E-state index >= 15 is 0 Å². The molecule has 0 spiro atoms. The molecule has 71 heavy (non-hydrogen) atoms. The van der Waals surface area contributed by atoms with E-state index in [1.807, 2.05) is 66.7 Å². The molecule has 12 aromatic rings.